The van der Waals surface area contributed by atoms with Crippen LogP contribution in [0.4, 0.5) is 10.1 Å². The summed E-state index contributed by atoms with van der Waals surface area (Å²) in [6, 6.07) is 13.0. The average Bonchev–Trinajstić information content (AvgIpc) is 2.48. The maximum atomic E-state index is 12.7. The molecule has 0 atom stereocenters. The van der Waals surface area contributed by atoms with Crippen LogP contribution in [0.1, 0.15) is 5.56 Å². The minimum absolute atomic E-state index is 0.224. The van der Waals surface area contributed by atoms with Gasteiger partial charge in [-0.1, -0.05) is 39.3 Å². The second-order valence-electron chi connectivity index (χ2n) is 4.08. The summed E-state index contributed by atoms with van der Waals surface area (Å²) >= 11 is 3.37. The summed E-state index contributed by atoms with van der Waals surface area (Å²) in [6.07, 6.45) is 1.51. The Morgan fingerprint density at radius 1 is 1.24 bits per heavy atom. The van der Waals surface area contributed by atoms with E-state index in [9.17, 15) is 9.18 Å². The molecule has 0 aromatic heterocycles. The molecule has 4 nitrogen and oxygen atoms in total. The van der Waals surface area contributed by atoms with E-state index in [1.54, 1.807) is 0 Å². The Hall–Kier alpha value is -2.21. The molecule has 0 fully saturated rings. The Morgan fingerprint density at radius 2 is 1.95 bits per heavy atom. The van der Waals surface area contributed by atoms with Crippen molar-refractivity contribution in [2.75, 3.05) is 11.9 Å². The Balaban J connectivity index is 1.79. The number of halogens is 2. The van der Waals surface area contributed by atoms with Crippen molar-refractivity contribution in [1.82, 2.24) is 0 Å². The molecule has 0 aliphatic heterocycles. The van der Waals surface area contributed by atoms with Gasteiger partial charge in [0.25, 0.3) is 5.91 Å². The molecule has 2 aromatic carbocycles. The lowest BCUT2D eigenvalue weighted by molar-refractivity contribution is -0.120. The van der Waals surface area contributed by atoms with E-state index in [-0.39, 0.29) is 18.3 Å². The quantitative estimate of drug-likeness (QED) is 0.661. The van der Waals surface area contributed by atoms with Crippen LogP contribution >= 0.6 is 15.9 Å². The maximum Gasteiger partial charge on any atom is 0.265 e. The number of hydrogen-bond acceptors (Lipinski definition) is 3. The fourth-order valence-electron chi connectivity index (χ4n) is 1.50. The fraction of sp³-hybridized carbons (Fsp3) is 0.0667. The van der Waals surface area contributed by atoms with Gasteiger partial charge in [-0.15, -0.1) is 0 Å². The van der Waals surface area contributed by atoms with E-state index in [2.05, 4.69) is 26.4 Å². The first-order valence-corrected chi connectivity index (χ1v) is 6.90. The molecule has 6 heteroatoms. The van der Waals surface area contributed by atoms with Gasteiger partial charge in [0.1, 0.15) is 5.82 Å². The van der Waals surface area contributed by atoms with Gasteiger partial charge in [0, 0.05) is 15.7 Å². The third-order valence-corrected chi connectivity index (χ3v) is 3.22. The van der Waals surface area contributed by atoms with Crippen molar-refractivity contribution in [1.29, 1.82) is 0 Å². The molecule has 0 radical (unpaired) electrons. The molecular formula is C15H12BrFN2O2. The lowest BCUT2D eigenvalue weighted by Gasteiger charge is -2.03. The van der Waals surface area contributed by atoms with Crippen LogP contribution in [0.5, 0.6) is 0 Å². The van der Waals surface area contributed by atoms with Crippen LogP contribution in [-0.4, -0.2) is 18.7 Å². The maximum absolute atomic E-state index is 12.7. The first-order valence-electron chi connectivity index (χ1n) is 6.10. The molecule has 0 heterocycles. The molecule has 0 aliphatic rings. The third kappa shape index (κ3) is 5.00. The van der Waals surface area contributed by atoms with Crippen LogP contribution in [-0.2, 0) is 9.63 Å². The number of nitrogens with zero attached hydrogens (tertiary/aromatic N) is 1. The van der Waals surface area contributed by atoms with Crippen LogP contribution in [0.3, 0.4) is 0 Å². The molecule has 21 heavy (non-hydrogen) atoms. The van der Waals surface area contributed by atoms with Gasteiger partial charge in [-0.3, -0.25) is 4.79 Å². The molecule has 0 aliphatic carbocycles. The van der Waals surface area contributed by atoms with Crippen molar-refractivity contribution >= 4 is 33.7 Å². The van der Waals surface area contributed by atoms with Gasteiger partial charge >= 0.3 is 0 Å². The minimum Gasteiger partial charge on any atom is -0.386 e. The summed E-state index contributed by atoms with van der Waals surface area (Å²) in [4.78, 5) is 16.5. The zero-order valence-corrected chi connectivity index (χ0v) is 12.5. The van der Waals surface area contributed by atoms with E-state index in [1.165, 1.54) is 30.5 Å². The van der Waals surface area contributed by atoms with Crippen LogP contribution < -0.4 is 5.32 Å². The summed E-state index contributed by atoms with van der Waals surface area (Å²) in [5.74, 6) is -0.729. The van der Waals surface area contributed by atoms with Crippen molar-refractivity contribution in [3.63, 3.8) is 0 Å². The van der Waals surface area contributed by atoms with E-state index in [4.69, 9.17) is 4.84 Å². The first-order chi connectivity index (χ1) is 10.1. The number of amides is 1. The molecule has 108 valence electrons. The Morgan fingerprint density at radius 3 is 2.67 bits per heavy atom. The Labute approximate surface area is 129 Å². The number of carbonyl (C=O) groups is 1. The van der Waals surface area contributed by atoms with Crippen LogP contribution in [0.2, 0.25) is 0 Å². The topological polar surface area (TPSA) is 50.7 Å². The van der Waals surface area contributed by atoms with E-state index in [0.717, 1.165) is 10.0 Å². The van der Waals surface area contributed by atoms with E-state index >= 15 is 0 Å². The smallest absolute Gasteiger partial charge is 0.265 e. The predicted molar refractivity (Wildman–Crippen MR) is 82.7 cm³/mol. The largest absolute Gasteiger partial charge is 0.386 e. The average molecular weight is 351 g/mol. The van der Waals surface area contributed by atoms with Crippen LogP contribution in [0, 0.1) is 5.82 Å². The standard InChI is InChI=1S/C15H12BrFN2O2/c16-14-4-2-1-3-11(14)9-18-21-10-15(20)19-13-7-5-12(17)6-8-13/h1-9H,10H2,(H,19,20)/b18-9-. The highest BCUT2D eigenvalue weighted by atomic mass is 79.9. The second kappa shape index (κ2) is 7.54. The summed E-state index contributed by atoms with van der Waals surface area (Å²) in [5, 5.41) is 6.29. The highest BCUT2D eigenvalue weighted by Crippen LogP contribution is 2.13. The van der Waals surface area contributed by atoms with Crippen LogP contribution in [0.15, 0.2) is 58.2 Å². The van der Waals surface area contributed by atoms with Gasteiger partial charge in [-0.2, -0.15) is 0 Å². The predicted octanol–water partition coefficient (Wildman–Crippen LogP) is 3.58. The summed E-state index contributed by atoms with van der Waals surface area (Å²) in [7, 11) is 0. The molecule has 1 amide bonds. The number of carbonyl (C=O) groups excluding carboxylic acids is 1. The molecule has 0 bridgehead atoms. The molecular weight excluding hydrogens is 339 g/mol. The number of rotatable bonds is 5. The normalized spacial score (nSPS) is 10.6. The van der Waals surface area contributed by atoms with Gasteiger partial charge in [0.15, 0.2) is 6.61 Å². The summed E-state index contributed by atoms with van der Waals surface area (Å²) in [6.45, 7) is -0.224. The number of hydrogen-bond donors (Lipinski definition) is 1. The Kier molecular flexibility index (Phi) is 5.45. The summed E-state index contributed by atoms with van der Waals surface area (Å²) in [5.41, 5.74) is 1.34. The second-order valence-corrected chi connectivity index (χ2v) is 4.94. The highest BCUT2D eigenvalue weighted by molar-refractivity contribution is 9.10. The van der Waals surface area contributed by atoms with Crippen molar-refractivity contribution in [3.8, 4) is 0 Å². The van der Waals surface area contributed by atoms with Crippen molar-refractivity contribution in [3.05, 3.63) is 64.4 Å². The number of nitrogens with one attached hydrogen (secondary N) is 1. The zero-order valence-electron chi connectivity index (χ0n) is 10.9. The first kappa shape index (κ1) is 15.2. The van der Waals surface area contributed by atoms with E-state index < -0.39 is 0 Å². The van der Waals surface area contributed by atoms with Gasteiger partial charge in [0.05, 0.1) is 6.21 Å². The van der Waals surface area contributed by atoms with Gasteiger partial charge in [-0.05, 0) is 30.3 Å². The van der Waals surface area contributed by atoms with Crippen LogP contribution in [0.25, 0.3) is 0 Å². The molecule has 1 N–H and O–H groups in total. The van der Waals surface area contributed by atoms with Crippen molar-refractivity contribution in [2.45, 2.75) is 0 Å². The fourth-order valence-corrected chi connectivity index (χ4v) is 1.89. The lowest BCUT2D eigenvalue weighted by Crippen LogP contribution is -2.16. The zero-order chi connectivity index (χ0) is 15.1. The van der Waals surface area contributed by atoms with Crippen molar-refractivity contribution in [2.24, 2.45) is 5.16 Å². The number of anilines is 1. The van der Waals surface area contributed by atoms with Gasteiger partial charge in [-0.25, -0.2) is 4.39 Å². The molecule has 0 spiro atoms. The monoisotopic (exact) mass is 350 g/mol. The molecule has 2 rings (SSSR count). The molecule has 0 saturated carbocycles. The molecule has 0 saturated heterocycles. The lowest BCUT2D eigenvalue weighted by atomic mass is 10.2. The van der Waals surface area contributed by atoms with E-state index in [1.807, 2.05) is 24.3 Å². The van der Waals surface area contributed by atoms with E-state index in [0.29, 0.717) is 5.69 Å². The summed E-state index contributed by atoms with van der Waals surface area (Å²) < 4.78 is 13.6. The van der Waals surface area contributed by atoms with Gasteiger partial charge < -0.3 is 10.2 Å². The third-order valence-electron chi connectivity index (χ3n) is 2.50. The van der Waals surface area contributed by atoms with Crippen molar-refractivity contribution < 1.29 is 14.0 Å². The highest BCUT2D eigenvalue weighted by Gasteiger charge is 2.02. The minimum atomic E-state index is -0.370. The Bertz CT molecular complexity index is 644. The number of benzene rings is 2. The number of oxime groups is 1. The SMILES string of the molecule is O=C(CO/N=C\c1ccccc1Br)Nc1ccc(F)cc1. The molecule has 0 unspecified atom stereocenters. The molecule has 2 aromatic rings. The van der Waals surface area contributed by atoms with Gasteiger partial charge in [0.2, 0.25) is 0 Å².